The van der Waals surface area contributed by atoms with E-state index in [1.165, 1.54) is 32.1 Å². The van der Waals surface area contributed by atoms with Crippen LogP contribution in [-0.2, 0) is 9.59 Å². The number of carbonyl (C=O) groups excluding carboxylic acids is 3. The molecule has 4 aromatic carbocycles. The van der Waals surface area contributed by atoms with Crippen LogP contribution in [-0.4, -0.2) is 37.2 Å². The third-order valence-corrected chi connectivity index (χ3v) is 7.49. The van der Waals surface area contributed by atoms with E-state index in [1.807, 2.05) is 6.07 Å². The Bertz CT molecular complexity index is 1630. The summed E-state index contributed by atoms with van der Waals surface area (Å²) in [5.74, 6) is -0.292. The Balaban J connectivity index is 1.54. The summed E-state index contributed by atoms with van der Waals surface area (Å²) in [5, 5.41) is 8.60. The first-order valence-electron chi connectivity index (χ1n) is 13.2. The van der Waals surface area contributed by atoms with Crippen LogP contribution in [0.15, 0.2) is 108 Å². The van der Waals surface area contributed by atoms with Gasteiger partial charge in [-0.15, -0.1) is 11.8 Å². The number of hydrogen-bond donors (Lipinski definition) is 3. The number of thioether (sulfide) groups is 1. The van der Waals surface area contributed by atoms with Crippen molar-refractivity contribution in [2.45, 2.75) is 17.1 Å². The zero-order chi connectivity index (χ0) is 30.8. The van der Waals surface area contributed by atoms with Crippen LogP contribution in [0.1, 0.15) is 22.8 Å². The molecule has 3 amide bonds. The Kier molecular flexibility index (Phi) is 10.9. The number of methoxy groups -OCH3 is 2. The SMILES string of the molecule is COc1cccc(/C=C(/NC(=O)c2ccccc2)C(=O)Nc2cccc(SC(C)C(=O)Nc3ccc(Cl)cc3)c2)c1OC. The minimum atomic E-state index is -0.551. The summed E-state index contributed by atoms with van der Waals surface area (Å²) in [5.41, 5.74) is 2.05. The van der Waals surface area contributed by atoms with Crippen LogP contribution < -0.4 is 25.4 Å². The predicted molar refractivity (Wildman–Crippen MR) is 172 cm³/mol. The van der Waals surface area contributed by atoms with Crippen LogP contribution in [0.2, 0.25) is 5.02 Å². The highest BCUT2D eigenvalue weighted by atomic mass is 35.5. The van der Waals surface area contributed by atoms with E-state index in [0.29, 0.717) is 39.0 Å². The van der Waals surface area contributed by atoms with Gasteiger partial charge in [0.1, 0.15) is 5.70 Å². The number of ether oxygens (including phenoxy) is 2. The van der Waals surface area contributed by atoms with Gasteiger partial charge in [-0.25, -0.2) is 0 Å². The highest BCUT2D eigenvalue weighted by Crippen LogP contribution is 2.32. The van der Waals surface area contributed by atoms with Crippen LogP contribution in [0.3, 0.4) is 0 Å². The average molecular weight is 616 g/mol. The first-order chi connectivity index (χ1) is 20.8. The molecule has 0 heterocycles. The van der Waals surface area contributed by atoms with Gasteiger partial charge in [0.05, 0.1) is 19.5 Å². The first-order valence-corrected chi connectivity index (χ1v) is 14.5. The van der Waals surface area contributed by atoms with Crippen molar-refractivity contribution < 1.29 is 23.9 Å². The topological polar surface area (TPSA) is 106 Å². The van der Waals surface area contributed by atoms with Crippen molar-refractivity contribution in [3.63, 3.8) is 0 Å². The van der Waals surface area contributed by atoms with Crippen LogP contribution >= 0.6 is 23.4 Å². The molecule has 0 aliphatic heterocycles. The van der Waals surface area contributed by atoms with Crippen LogP contribution in [0, 0.1) is 0 Å². The molecular weight excluding hydrogens is 586 g/mol. The Hall–Kier alpha value is -4.73. The summed E-state index contributed by atoms with van der Waals surface area (Å²) in [7, 11) is 3.01. The zero-order valence-corrected chi connectivity index (χ0v) is 25.3. The molecule has 4 rings (SSSR count). The zero-order valence-electron chi connectivity index (χ0n) is 23.7. The van der Waals surface area contributed by atoms with Gasteiger partial charge < -0.3 is 25.4 Å². The van der Waals surface area contributed by atoms with Gasteiger partial charge in [0.25, 0.3) is 11.8 Å². The summed E-state index contributed by atoms with van der Waals surface area (Å²) in [4.78, 5) is 40.1. The van der Waals surface area contributed by atoms with Crippen molar-refractivity contribution in [2.75, 3.05) is 24.9 Å². The number of amides is 3. The molecule has 220 valence electrons. The van der Waals surface area contributed by atoms with Crippen molar-refractivity contribution in [2.24, 2.45) is 0 Å². The second kappa shape index (κ2) is 14.9. The Morgan fingerprint density at radius 2 is 1.53 bits per heavy atom. The van der Waals surface area contributed by atoms with E-state index in [2.05, 4.69) is 16.0 Å². The van der Waals surface area contributed by atoms with Gasteiger partial charge in [0.2, 0.25) is 5.91 Å². The van der Waals surface area contributed by atoms with Crippen LogP contribution in [0.4, 0.5) is 11.4 Å². The normalized spacial score (nSPS) is 11.7. The van der Waals surface area contributed by atoms with Crippen molar-refractivity contribution in [3.8, 4) is 11.5 Å². The molecule has 0 aliphatic carbocycles. The predicted octanol–water partition coefficient (Wildman–Crippen LogP) is 6.89. The second-order valence-electron chi connectivity index (χ2n) is 9.20. The molecule has 8 nitrogen and oxygen atoms in total. The molecule has 1 unspecified atom stereocenters. The van der Waals surface area contributed by atoms with E-state index in [-0.39, 0.29) is 11.6 Å². The van der Waals surface area contributed by atoms with E-state index in [4.69, 9.17) is 21.1 Å². The maximum Gasteiger partial charge on any atom is 0.272 e. The van der Waals surface area contributed by atoms with Crippen molar-refractivity contribution in [1.82, 2.24) is 5.32 Å². The lowest BCUT2D eigenvalue weighted by Crippen LogP contribution is -2.30. The fourth-order valence-corrected chi connectivity index (χ4v) is 5.06. The molecule has 43 heavy (non-hydrogen) atoms. The summed E-state index contributed by atoms with van der Waals surface area (Å²) < 4.78 is 10.9. The highest BCUT2D eigenvalue weighted by Gasteiger charge is 2.19. The van der Waals surface area contributed by atoms with E-state index in [9.17, 15) is 14.4 Å². The van der Waals surface area contributed by atoms with Gasteiger partial charge in [0.15, 0.2) is 11.5 Å². The lowest BCUT2D eigenvalue weighted by atomic mass is 10.1. The highest BCUT2D eigenvalue weighted by molar-refractivity contribution is 8.00. The molecule has 3 N–H and O–H groups in total. The number of rotatable bonds is 11. The minimum absolute atomic E-state index is 0.00540. The molecule has 0 aromatic heterocycles. The Morgan fingerprint density at radius 1 is 0.814 bits per heavy atom. The molecule has 10 heteroatoms. The van der Waals surface area contributed by atoms with Crippen LogP contribution in [0.5, 0.6) is 11.5 Å². The number of benzene rings is 4. The lowest BCUT2D eigenvalue weighted by Gasteiger charge is -2.15. The fourth-order valence-electron chi connectivity index (χ4n) is 4.00. The molecule has 0 spiro atoms. The number of halogens is 1. The van der Waals surface area contributed by atoms with Gasteiger partial charge in [-0.1, -0.05) is 48.0 Å². The smallest absolute Gasteiger partial charge is 0.272 e. The molecular formula is C33H30ClN3O5S. The van der Waals surface area contributed by atoms with Crippen molar-refractivity contribution in [1.29, 1.82) is 0 Å². The van der Waals surface area contributed by atoms with E-state index in [0.717, 1.165) is 4.90 Å². The molecule has 0 saturated heterocycles. The molecule has 4 aromatic rings. The minimum Gasteiger partial charge on any atom is -0.493 e. The van der Waals surface area contributed by atoms with Crippen molar-refractivity contribution in [3.05, 3.63) is 119 Å². The first kappa shape index (κ1) is 31.2. The van der Waals surface area contributed by atoms with Crippen molar-refractivity contribution >= 4 is 58.5 Å². The third-order valence-electron chi connectivity index (χ3n) is 6.15. The molecule has 1 atom stereocenters. The Labute approximate surface area is 259 Å². The number of carbonyl (C=O) groups is 3. The summed E-state index contributed by atoms with van der Waals surface area (Å²) in [6.07, 6.45) is 1.53. The number of nitrogens with one attached hydrogen (secondary N) is 3. The molecule has 0 radical (unpaired) electrons. The van der Waals surface area contributed by atoms with Gasteiger partial charge in [-0.05, 0) is 73.7 Å². The largest absolute Gasteiger partial charge is 0.493 e. The van der Waals surface area contributed by atoms with E-state index >= 15 is 0 Å². The molecule has 0 fully saturated rings. The molecule has 0 aliphatic rings. The van der Waals surface area contributed by atoms with E-state index < -0.39 is 17.1 Å². The summed E-state index contributed by atoms with van der Waals surface area (Å²) in [6.45, 7) is 1.79. The number of hydrogen-bond acceptors (Lipinski definition) is 6. The number of anilines is 2. The van der Waals surface area contributed by atoms with Gasteiger partial charge in [-0.3, -0.25) is 14.4 Å². The fraction of sp³-hybridized carbons (Fsp3) is 0.121. The number of para-hydroxylation sites is 1. The second-order valence-corrected chi connectivity index (χ2v) is 11.0. The monoisotopic (exact) mass is 615 g/mol. The van der Waals surface area contributed by atoms with Gasteiger partial charge in [-0.2, -0.15) is 0 Å². The average Bonchev–Trinajstić information content (AvgIpc) is 3.02. The molecule has 0 saturated carbocycles. The van der Waals surface area contributed by atoms with Gasteiger partial charge in [0, 0.05) is 32.4 Å². The standard InChI is InChI=1S/C33H30ClN3O5S/c1-21(31(38)35-25-17-15-24(34)16-18-25)43-27-13-8-12-26(20-27)36-33(40)28(37-32(39)22-9-5-4-6-10-22)19-23-11-7-14-29(41-2)30(23)42-3/h4-21H,1-3H3,(H,35,38)(H,36,40)(H,37,39)/b28-19+. The molecule has 0 bridgehead atoms. The maximum atomic E-state index is 13.6. The third kappa shape index (κ3) is 8.64. The quantitative estimate of drug-likeness (QED) is 0.125. The van der Waals surface area contributed by atoms with Gasteiger partial charge >= 0.3 is 0 Å². The maximum absolute atomic E-state index is 13.6. The summed E-state index contributed by atoms with van der Waals surface area (Å²) in [6, 6.07) is 27.8. The Morgan fingerprint density at radius 3 is 2.23 bits per heavy atom. The summed E-state index contributed by atoms with van der Waals surface area (Å²) >= 11 is 7.27. The lowest BCUT2D eigenvalue weighted by molar-refractivity contribution is -0.115. The van der Waals surface area contributed by atoms with E-state index in [1.54, 1.807) is 97.9 Å². The van der Waals surface area contributed by atoms with Crippen LogP contribution in [0.25, 0.3) is 6.08 Å².